The van der Waals surface area contributed by atoms with Gasteiger partial charge in [-0.3, -0.25) is 9.79 Å². The quantitative estimate of drug-likeness (QED) is 0.583. The number of hydrogen-bond acceptors (Lipinski definition) is 2. The number of rotatable bonds is 3. The van der Waals surface area contributed by atoms with Crippen LogP contribution in [0.15, 0.2) is 35.3 Å². The monoisotopic (exact) mass is 353 g/mol. The van der Waals surface area contributed by atoms with E-state index in [1.807, 2.05) is 7.05 Å². The first-order valence-electron chi connectivity index (χ1n) is 9.46. The smallest absolute Gasteiger partial charge is 0.220 e. The summed E-state index contributed by atoms with van der Waals surface area (Å²) >= 11 is 0. The molecule has 2 aliphatic heterocycles. The second-order valence-electron chi connectivity index (χ2n) is 7.58. The summed E-state index contributed by atoms with van der Waals surface area (Å²) in [4.78, 5) is 21.9. The van der Waals surface area contributed by atoms with E-state index in [9.17, 15) is 4.79 Å². The van der Waals surface area contributed by atoms with Crippen molar-refractivity contribution < 1.29 is 4.79 Å². The van der Waals surface area contributed by atoms with Crippen molar-refractivity contribution in [3.05, 3.63) is 36.0 Å². The van der Waals surface area contributed by atoms with E-state index in [0.29, 0.717) is 6.42 Å². The lowest BCUT2D eigenvalue weighted by molar-refractivity contribution is -0.119. The van der Waals surface area contributed by atoms with Crippen molar-refractivity contribution in [3.8, 4) is 0 Å². The number of likely N-dealkylation sites (tertiary alicyclic amines) is 1. The second kappa shape index (κ2) is 7.02. The van der Waals surface area contributed by atoms with Crippen LogP contribution in [0.25, 0.3) is 10.9 Å². The number of hydrogen-bond donors (Lipinski definition) is 3. The number of aromatic nitrogens is 1. The second-order valence-corrected chi connectivity index (χ2v) is 7.58. The Balaban J connectivity index is 1.35. The first-order chi connectivity index (χ1) is 12.7. The Morgan fingerprint density at radius 3 is 3.04 bits per heavy atom. The van der Waals surface area contributed by atoms with E-state index in [1.54, 1.807) is 0 Å². The zero-order valence-corrected chi connectivity index (χ0v) is 15.3. The van der Waals surface area contributed by atoms with Crippen LogP contribution in [0.1, 0.15) is 25.0 Å². The van der Waals surface area contributed by atoms with Gasteiger partial charge in [0.05, 0.1) is 0 Å². The maximum Gasteiger partial charge on any atom is 0.220 e. The Kier molecular flexibility index (Phi) is 4.57. The highest BCUT2D eigenvalue weighted by atomic mass is 16.1. The summed E-state index contributed by atoms with van der Waals surface area (Å²) in [5.74, 6) is 1.13. The molecule has 1 spiro atoms. The molecule has 6 heteroatoms. The molecule has 1 aromatic carbocycles. The number of carbonyl (C=O) groups is 1. The van der Waals surface area contributed by atoms with Gasteiger partial charge in [-0.2, -0.15) is 0 Å². The van der Waals surface area contributed by atoms with E-state index in [-0.39, 0.29) is 11.3 Å². The average Bonchev–Trinajstić information content (AvgIpc) is 3.22. The van der Waals surface area contributed by atoms with Crippen molar-refractivity contribution in [1.82, 2.24) is 20.5 Å². The van der Waals surface area contributed by atoms with E-state index in [2.05, 4.69) is 55.8 Å². The van der Waals surface area contributed by atoms with Gasteiger partial charge in [-0.1, -0.05) is 18.2 Å². The lowest BCUT2D eigenvalue weighted by atomic mass is 9.79. The summed E-state index contributed by atoms with van der Waals surface area (Å²) in [5, 5.41) is 7.76. The SMILES string of the molecule is CN=C(NCCc1cc2ccccc2[nH]1)N1CCCC2(CNC(=O)C2)C1. The number of H-pyrrole nitrogens is 1. The maximum atomic E-state index is 11.7. The number of aliphatic imine (C=N–C) groups is 1. The van der Waals surface area contributed by atoms with Gasteiger partial charge in [-0.15, -0.1) is 0 Å². The molecule has 0 aliphatic carbocycles. The van der Waals surface area contributed by atoms with E-state index >= 15 is 0 Å². The maximum absolute atomic E-state index is 11.7. The van der Waals surface area contributed by atoms with E-state index in [0.717, 1.165) is 51.4 Å². The van der Waals surface area contributed by atoms with Crippen molar-refractivity contribution in [3.63, 3.8) is 0 Å². The fourth-order valence-corrected chi connectivity index (χ4v) is 4.34. The van der Waals surface area contributed by atoms with Gasteiger partial charge in [-0.25, -0.2) is 0 Å². The molecular weight excluding hydrogens is 326 g/mol. The van der Waals surface area contributed by atoms with E-state index < -0.39 is 0 Å². The van der Waals surface area contributed by atoms with Gasteiger partial charge in [0.25, 0.3) is 0 Å². The number of nitrogens with zero attached hydrogens (tertiary/aromatic N) is 2. The number of fused-ring (bicyclic) bond motifs is 1. The molecule has 2 aliphatic rings. The molecule has 6 nitrogen and oxygen atoms in total. The fraction of sp³-hybridized carbons (Fsp3) is 0.500. The Hall–Kier alpha value is -2.50. The number of guanidine groups is 1. The molecule has 2 fully saturated rings. The summed E-state index contributed by atoms with van der Waals surface area (Å²) in [6.45, 7) is 3.54. The molecule has 0 saturated carbocycles. The van der Waals surface area contributed by atoms with Crippen LogP contribution in [0.5, 0.6) is 0 Å². The molecule has 0 radical (unpaired) electrons. The topological polar surface area (TPSA) is 72.5 Å². The third-order valence-electron chi connectivity index (χ3n) is 5.63. The standard InChI is InChI=1S/C20H27N5O/c1-21-19(25-10-4-8-20(14-25)12-18(26)23-13-20)22-9-7-16-11-15-5-2-3-6-17(15)24-16/h2-3,5-6,11,24H,4,7-10,12-14H2,1H3,(H,21,22)(H,23,26). The summed E-state index contributed by atoms with van der Waals surface area (Å²) < 4.78 is 0. The van der Waals surface area contributed by atoms with E-state index in [1.165, 1.54) is 16.6 Å². The normalized spacial score (nSPS) is 23.7. The number of para-hydroxylation sites is 1. The summed E-state index contributed by atoms with van der Waals surface area (Å²) in [6.07, 6.45) is 3.80. The highest BCUT2D eigenvalue weighted by Gasteiger charge is 2.42. The van der Waals surface area contributed by atoms with Gasteiger partial charge in [0.1, 0.15) is 0 Å². The minimum Gasteiger partial charge on any atom is -0.358 e. The van der Waals surface area contributed by atoms with Crippen LogP contribution in [0.2, 0.25) is 0 Å². The minimum atomic E-state index is 0.0874. The summed E-state index contributed by atoms with van der Waals surface area (Å²) in [5.41, 5.74) is 2.50. The van der Waals surface area contributed by atoms with Crippen molar-refractivity contribution >= 4 is 22.8 Å². The zero-order valence-electron chi connectivity index (χ0n) is 15.3. The van der Waals surface area contributed by atoms with Crippen molar-refractivity contribution in [2.45, 2.75) is 25.7 Å². The van der Waals surface area contributed by atoms with Crippen LogP contribution in [-0.4, -0.2) is 55.0 Å². The summed E-state index contributed by atoms with van der Waals surface area (Å²) in [7, 11) is 1.84. The highest BCUT2D eigenvalue weighted by Crippen LogP contribution is 2.35. The average molecular weight is 353 g/mol. The lowest BCUT2D eigenvalue weighted by Gasteiger charge is -2.40. The molecule has 26 heavy (non-hydrogen) atoms. The Morgan fingerprint density at radius 2 is 2.27 bits per heavy atom. The van der Waals surface area contributed by atoms with Gasteiger partial charge in [0, 0.05) is 62.7 Å². The lowest BCUT2D eigenvalue weighted by Crippen LogP contribution is -2.51. The van der Waals surface area contributed by atoms with Gasteiger partial charge in [0.15, 0.2) is 5.96 Å². The van der Waals surface area contributed by atoms with Crippen molar-refractivity contribution in [1.29, 1.82) is 0 Å². The largest absolute Gasteiger partial charge is 0.358 e. The van der Waals surface area contributed by atoms with Crippen LogP contribution in [-0.2, 0) is 11.2 Å². The molecule has 1 unspecified atom stereocenters. The predicted molar refractivity (Wildman–Crippen MR) is 104 cm³/mol. The molecule has 2 aromatic rings. The van der Waals surface area contributed by atoms with Crippen LogP contribution in [0, 0.1) is 5.41 Å². The van der Waals surface area contributed by atoms with Crippen molar-refractivity contribution in [2.24, 2.45) is 10.4 Å². The van der Waals surface area contributed by atoms with Crippen LogP contribution >= 0.6 is 0 Å². The first kappa shape index (κ1) is 16.9. The van der Waals surface area contributed by atoms with Crippen LogP contribution in [0.4, 0.5) is 0 Å². The van der Waals surface area contributed by atoms with Gasteiger partial charge in [0.2, 0.25) is 5.91 Å². The highest BCUT2D eigenvalue weighted by molar-refractivity contribution is 5.82. The molecule has 138 valence electrons. The van der Waals surface area contributed by atoms with Gasteiger partial charge >= 0.3 is 0 Å². The van der Waals surface area contributed by atoms with Crippen LogP contribution < -0.4 is 10.6 Å². The molecule has 1 amide bonds. The Bertz CT molecular complexity index is 793. The number of amides is 1. The van der Waals surface area contributed by atoms with Gasteiger partial charge in [-0.05, 0) is 30.4 Å². The molecular formula is C20H27N5O. The molecule has 2 saturated heterocycles. The summed E-state index contributed by atoms with van der Waals surface area (Å²) in [6, 6.07) is 10.6. The number of nitrogens with one attached hydrogen (secondary N) is 3. The van der Waals surface area contributed by atoms with E-state index in [4.69, 9.17) is 0 Å². The number of benzene rings is 1. The molecule has 4 rings (SSSR count). The third-order valence-corrected chi connectivity index (χ3v) is 5.63. The molecule has 1 atom stereocenters. The number of piperidine rings is 1. The Labute approximate surface area is 154 Å². The predicted octanol–water partition coefficient (Wildman–Crippen LogP) is 1.89. The fourth-order valence-electron chi connectivity index (χ4n) is 4.34. The van der Waals surface area contributed by atoms with Gasteiger partial charge < -0.3 is 20.5 Å². The molecule has 0 bridgehead atoms. The first-order valence-corrected chi connectivity index (χ1v) is 9.46. The van der Waals surface area contributed by atoms with Crippen molar-refractivity contribution in [2.75, 3.05) is 33.2 Å². The molecule has 1 aromatic heterocycles. The minimum absolute atomic E-state index is 0.0874. The molecule has 3 heterocycles. The number of carbonyl (C=O) groups excluding carboxylic acids is 1. The molecule has 3 N–H and O–H groups in total. The number of aromatic amines is 1. The third kappa shape index (κ3) is 3.41. The van der Waals surface area contributed by atoms with Crippen LogP contribution in [0.3, 0.4) is 0 Å². The Morgan fingerprint density at radius 1 is 1.38 bits per heavy atom. The zero-order chi connectivity index (χ0) is 18.0.